The Morgan fingerprint density at radius 2 is 1.71 bits per heavy atom. The molecule has 0 aliphatic rings. The molecule has 0 heterocycles. The molecular formula is C14H31NOS. The fraction of sp³-hybridized carbons (Fsp3) is 1.00. The molecule has 0 aromatic rings. The van der Waals surface area contributed by atoms with Crippen molar-refractivity contribution in [3.8, 4) is 0 Å². The zero-order chi connectivity index (χ0) is 13.3. The second-order valence-electron chi connectivity index (χ2n) is 4.84. The molecule has 0 rings (SSSR count). The highest BCUT2D eigenvalue weighted by Gasteiger charge is 2.26. The second-order valence-corrected chi connectivity index (χ2v) is 6.91. The van der Waals surface area contributed by atoms with Crippen LogP contribution in [0.15, 0.2) is 0 Å². The van der Waals surface area contributed by atoms with Gasteiger partial charge in [0.15, 0.2) is 0 Å². The Bertz CT molecular complexity index is 208. The average molecular weight is 261 g/mol. The first-order valence-electron chi connectivity index (χ1n) is 7.24. The lowest BCUT2D eigenvalue weighted by Gasteiger charge is -2.28. The molecule has 2 nitrogen and oxygen atoms in total. The third kappa shape index (κ3) is 6.01. The molecule has 4 unspecified atom stereocenters. The second kappa shape index (κ2) is 10.1. The van der Waals surface area contributed by atoms with E-state index in [9.17, 15) is 4.21 Å². The molecule has 104 valence electrons. The van der Waals surface area contributed by atoms with E-state index in [0.717, 1.165) is 38.6 Å². The van der Waals surface area contributed by atoms with Gasteiger partial charge >= 0.3 is 0 Å². The van der Waals surface area contributed by atoms with E-state index in [4.69, 9.17) is 0 Å². The molecule has 0 aliphatic carbocycles. The Balaban J connectivity index is 4.57. The molecule has 0 radical (unpaired) electrons. The summed E-state index contributed by atoms with van der Waals surface area (Å²) in [5, 5.41) is 4.23. The Labute approximate surface area is 110 Å². The van der Waals surface area contributed by atoms with Gasteiger partial charge in [-0.15, -0.1) is 0 Å². The highest BCUT2D eigenvalue weighted by atomic mass is 32.2. The minimum atomic E-state index is -0.700. The third-order valence-electron chi connectivity index (χ3n) is 3.38. The summed E-state index contributed by atoms with van der Waals surface area (Å²) in [5.41, 5.74) is 0. The summed E-state index contributed by atoms with van der Waals surface area (Å²) in [6.07, 6.45) is 5.47. The number of nitrogens with one attached hydrogen (secondary N) is 1. The first-order chi connectivity index (χ1) is 8.12. The van der Waals surface area contributed by atoms with Crippen molar-refractivity contribution in [3.63, 3.8) is 0 Å². The van der Waals surface area contributed by atoms with Gasteiger partial charge in [-0.3, -0.25) is 4.21 Å². The maximum absolute atomic E-state index is 12.5. The van der Waals surface area contributed by atoms with Crippen molar-refractivity contribution in [1.29, 1.82) is 0 Å². The highest BCUT2D eigenvalue weighted by molar-refractivity contribution is 7.86. The summed E-state index contributed by atoms with van der Waals surface area (Å²) < 4.78 is 12.5. The Morgan fingerprint density at radius 3 is 2.12 bits per heavy atom. The van der Waals surface area contributed by atoms with E-state index in [-0.39, 0.29) is 0 Å². The van der Waals surface area contributed by atoms with Crippen LogP contribution >= 0.6 is 0 Å². The van der Waals surface area contributed by atoms with Crippen molar-refractivity contribution in [2.75, 3.05) is 6.54 Å². The van der Waals surface area contributed by atoms with Crippen LogP contribution in [0.3, 0.4) is 0 Å². The normalized spacial score (nSPS) is 18.6. The molecular weight excluding hydrogens is 230 g/mol. The van der Waals surface area contributed by atoms with Crippen LogP contribution in [-0.2, 0) is 10.8 Å². The maximum atomic E-state index is 12.5. The fourth-order valence-corrected chi connectivity index (χ4v) is 3.94. The maximum Gasteiger partial charge on any atom is 0.0501 e. The van der Waals surface area contributed by atoms with E-state index in [1.807, 2.05) is 0 Å². The van der Waals surface area contributed by atoms with Gasteiger partial charge in [0.2, 0.25) is 0 Å². The van der Waals surface area contributed by atoms with Crippen molar-refractivity contribution < 1.29 is 4.21 Å². The standard InChI is InChI=1S/C14H31NOS/c1-6-10-13(15-11-7-2)14(9-4)17(16)12(5)8-3/h12-15H,6-11H2,1-5H3. The molecule has 4 atom stereocenters. The smallest absolute Gasteiger partial charge is 0.0501 e. The van der Waals surface area contributed by atoms with Crippen LogP contribution in [-0.4, -0.2) is 27.3 Å². The molecule has 0 aromatic carbocycles. The number of hydrogen-bond acceptors (Lipinski definition) is 2. The fourth-order valence-electron chi connectivity index (χ4n) is 2.13. The van der Waals surface area contributed by atoms with Gasteiger partial charge in [-0.25, -0.2) is 0 Å². The quantitative estimate of drug-likeness (QED) is 0.652. The van der Waals surface area contributed by atoms with Gasteiger partial charge in [-0.1, -0.05) is 41.0 Å². The summed E-state index contributed by atoms with van der Waals surface area (Å²) in [7, 11) is -0.700. The number of hydrogen-bond donors (Lipinski definition) is 1. The SMILES string of the molecule is CCCNC(CCC)C(CC)S(=O)C(C)CC. The van der Waals surface area contributed by atoms with Crippen LogP contribution in [0, 0.1) is 0 Å². The van der Waals surface area contributed by atoms with Crippen molar-refractivity contribution in [2.45, 2.75) is 83.3 Å². The lowest BCUT2D eigenvalue weighted by Crippen LogP contribution is -2.44. The van der Waals surface area contributed by atoms with Crippen molar-refractivity contribution in [3.05, 3.63) is 0 Å². The van der Waals surface area contributed by atoms with E-state index in [1.165, 1.54) is 0 Å². The Hall–Kier alpha value is 0.110. The van der Waals surface area contributed by atoms with Gasteiger partial charge in [0.1, 0.15) is 0 Å². The van der Waals surface area contributed by atoms with Crippen molar-refractivity contribution >= 4 is 10.8 Å². The predicted molar refractivity (Wildman–Crippen MR) is 79.0 cm³/mol. The Kier molecular flexibility index (Phi) is 10.1. The van der Waals surface area contributed by atoms with E-state index in [0.29, 0.717) is 16.5 Å². The molecule has 3 heteroatoms. The van der Waals surface area contributed by atoms with E-state index in [1.54, 1.807) is 0 Å². The summed E-state index contributed by atoms with van der Waals surface area (Å²) in [6.45, 7) is 11.8. The zero-order valence-electron chi connectivity index (χ0n) is 12.3. The molecule has 17 heavy (non-hydrogen) atoms. The molecule has 0 amide bonds. The third-order valence-corrected chi connectivity index (χ3v) is 5.76. The average Bonchev–Trinajstić information content (AvgIpc) is 2.35. The largest absolute Gasteiger partial charge is 0.313 e. The predicted octanol–water partition coefficient (Wildman–Crippen LogP) is 3.48. The van der Waals surface area contributed by atoms with Crippen LogP contribution in [0.1, 0.15) is 66.7 Å². The van der Waals surface area contributed by atoms with Gasteiger partial charge in [-0.05, 0) is 32.2 Å². The molecule has 0 saturated heterocycles. The Morgan fingerprint density at radius 1 is 1.06 bits per heavy atom. The van der Waals surface area contributed by atoms with Gasteiger partial charge < -0.3 is 5.32 Å². The number of rotatable bonds is 10. The summed E-state index contributed by atoms with van der Waals surface area (Å²) in [5.74, 6) is 0. The van der Waals surface area contributed by atoms with E-state index in [2.05, 4.69) is 39.9 Å². The minimum Gasteiger partial charge on any atom is -0.313 e. The van der Waals surface area contributed by atoms with E-state index >= 15 is 0 Å². The monoisotopic (exact) mass is 261 g/mol. The minimum absolute atomic E-state index is 0.316. The van der Waals surface area contributed by atoms with Crippen molar-refractivity contribution in [2.24, 2.45) is 0 Å². The van der Waals surface area contributed by atoms with Crippen LogP contribution in [0.5, 0.6) is 0 Å². The lowest BCUT2D eigenvalue weighted by atomic mass is 10.1. The topological polar surface area (TPSA) is 29.1 Å². The molecule has 0 aromatic heterocycles. The summed E-state index contributed by atoms with van der Waals surface area (Å²) in [6, 6.07) is 0.430. The van der Waals surface area contributed by atoms with Crippen LogP contribution < -0.4 is 5.32 Å². The van der Waals surface area contributed by atoms with Crippen LogP contribution in [0.4, 0.5) is 0 Å². The molecule has 0 fully saturated rings. The van der Waals surface area contributed by atoms with E-state index < -0.39 is 10.8 Å². The van der Waals surface area contributed by atoms with Gasteiger partial charge in [0.05, 0.1) is 5.25 Å². The molecule has 0 bridgehead atoms. The van der Waals surface area contributed by atoms with Crippen molar-refractivity contribution in [1.82, 2.24) is 5.32 Å². The van der Waals surface area contributed by atoms with Crippen LogP contribution in [0.2, 0.25) is 0 Å². The highest BCUT2D eigenvalue weighted by Crippen LogP contribution is 2.17. The molecule has 1 N–H and O–H groups in total. The lowest BCUT2D eigenvalue weighted by molar-refractivity contribution is 0.446. The molecule has 0 saturated carbocycles. The van der Waals surface area contributed by atoms with Gasteiger partial charge in [0, 0.05) is 22.1 Å². The summed E-state index contributed by atoms with van der Waals surface area (Å²) >= 11 is 0. The van der Waals surface area contributed by atoms with Crippen LogP contribution in [0.25, 0.3) is 0 Å². The molecule has 0 spiro atoms. The molecule has 0 aliphatic heterocycles. The van der Waals surface area contributed by atoms with Gasteiger partial charge in [0.25, 0.3) is 0 Å². The summed E-state index contributed by atoms with van der Waals surface area (Å²) in [4.78, 5) is 0. The first kappa shape index (κ1) is 17.1. The first-order valence-corrected chi connectivity index (χ1v) is 8.52. The van der Waals surface area contributed by atoms with Gasteiger partial charge in [-0.2, -0.15) is 0 Å². The zero-order valence-corrected chi connectivity index (χ0v) is 13.1.